The summed E-state index contributed by atoms with van der Waals surface area (Å²) in [6.07, 6.45) is 2.19. The van der Waals surface area contributed by atoms with E-state index in [9.17, 15) is 4.79 Å². The number of hydrogen-bond acceptors (Lipinski definition) is 4. The third kappa shape index (κ3) is 2.23. The molecule has 0 aliphatic heterocycles. The fraction of sp³-hybridized carbons (Fsp3) is 0.250. The van der Waals surface area contributed by atoms with E-state index in [1.165, 1.54) is 12.3 Å². The SMILES string of the molecule is NCCCOc1ccc2c(=O)ccoc2c1. The Balaban J connectivity index is 2.27. The Bertz CT molecular complexity index is 533. The highest BCUT2D eigenvalue weighted by Gasteiger charge is 2.01. The molecular formula is C12H13NO3. The standard InChI is InChI=1S/C12H13NO3/c13-5-1-6-15-9-2-3-10-11(14)4-7-16-12(10)8-9/h2-4,7-8H,1,5-6,13H2. The number of ether oxygens (including phenoxy) is 1. The van der Waals surface area contributed by atoms with Crippen molar-refractivity contribution in [2.45, 2.75) is 6.42 Å². The molecule has 2 rings (SSSR count). The van der Waals surface area contributed by atoms with Crippen molar-refractivity contribution in [3.8, 4) is 5.75 Å². The highest BCUT2D eigenvalue weighted by atomic mass is 16.5. The maximum Gasteiger partial charge on any atom is 0.192 e. The summed E-state index contributed by atoms with van der Waals surface area (Å²) in [5.41, 5.74) is 5.86. The Kier molecular flexibility index (Phi) is 3.22. The largest absolute Gasteiger partial charge is 0.493 e. The predicted octanol–water partition coefficient (Wildman–Crippen LogP) is 1.52. The quantitative estimate of drug-likeness (QED) is 0.792. The number of hydrogen-bond donors (Lipinski definition) is 1. The number of rotatable bonds is 4. The van der Waals surface area contributed by atoms with Crippen molar-refractivity contribution in [2.75, 3.05) is 13.2 Å². The van der Waals surface area contributed by atoms with Crippen LogP contribution in [0.15, 0.2) is 39.7 Å². The van der Waals surface area contributed by atoms with E-state index in [1.54, 1.807) is 18.2 Å². The second-order valence-corrected chi connectivity index (χ2v) is 3.43. The smallest absolute Gasteiger partial charge is 0.192 e. The molecule has 0 bridgehead atoms. The van der Waals surface area contributed by atoms with Crippen LogP contribution in [0.4, 0.5) is 0 Å². The van der Waals surface area contributed by atoms with Gasteiger partial charge in [0.25, 0.3) is 0 Å². The summed E-state index contributed by atoms with van der Waals surface area (Å²) >= 11 is 0. The van der Waals surface area contributed by atoms with Gasteiger partial charge in [-0.1, -0.05) is 0 Å². The van der Waals surface area contributed by atoms with Crippen LogP contribution < -0.4 is 15.9 Å². The van der Waals surface area contributed by atoms with Crippen LogP contribution in [0.3, 0.4) is 0 Å². The Morgan fingerprint density at radius 2 is 2.19 bits per heavy atom. The summed E-state index contributed by atoms with van der Waals surface area (Å²) in [6.45, 7) is 1.17. The molecule has 84 valence electrons. The van der Waals surface area contributed by atoms with E-state index in [0.717, 1.165) is 6.42 Å². The van der Waals surface area contributed by atoms with Crippen molar-refractivity contribution < 1.29 is 9.15 Å². The molecule has 0 saturated carbocycles. The Hall–Kier alpha value is -1.81. The van der Waals surface area contributed by atoms with Crippen LogP contribution in [-0.2, 0) is 0 Å². The molecular weight excluding hydrogens is 206 g/mol. The van der Waals surface area contributed by atoms with Gasteiger partial charge in [-0.15, -0.1) is 0 Å². The zero-order chi connectivity index (χ0) is 11.4. The summed E-state index contributed by atoms with van der Waals surface area (Å²) in [6, 6.07) is 6.58. The molecule has 1 aromatic heterocycles. The maximum atomic E-state index is 11.4. The lowest BCUT2D eigenvalue weighted by atomic mass is 10.2. The highest BCUT2D eigenvalue weighted by molar-refractivity contribution is 5.77. The molecule has 0 atom stereocenters. The third-order valence-corrected chi connectivity index (χ3v) is 2.25. The molecule has 0 saturated heterocycles. The van der Waals surface area contributed by atoms with Crippen molar-refractivity contribution in [3.05, 3.63) is 40.8 Å². The molecule has 0 aliphatic rings. The second-order valence-electron chi connectivity index (χ2n) is 3.43. The molecule has 0 radical (unpaired) electrons. The first-order valence-electron chi connectivity index (χ1n) is 5.16. The molecule has 2 N–H and O–H groups in total. The molecule has 0 unspecified atom stereocenters. The van der Waals surface area contributed by atoms with Gasteiger partial charge in [0.2, 0.25) is 0 Å². The van der Waals surface area contributed by atoms with Gasteiger partial charge in [-0.05, 0) is 25.1 Å². The summed E-state index contributed by atoms with van der Waals surface area (Å²) in [4.78, 5) is 11.4. The van der Waals surface area contributed by atoms with Crippen molar-refractivity contribution in [3.63, 3.8) is 0 Å². The maximum absolute atomic E-state index is 11.4. The lowest BCUT2D eigenvalue weighted by molar-refractivity contribution is 0.313. The minimum Gasteiger partial charge on any atom is -0.493 e. The minimum absolute atomic E-state index is 0.0465. The normalized spacial score (nSPS) is 10.6. The monoisotopic (exact) mass is 219 g/mol. The zero-order valence-corrected chi connectivity index (χ0v) is 8.81. The molecule has 4 nitrogen and oxygen atoms in total. The molecule has 0 amide bonds. The van der Waals surface area contributed by atoms with Gasteiger partial charge >= 0.3 is 0 Å². The van der Waals surface area contributed by atoms with Crippen molar-refractivity contribution in [1.82, 2.24) is 0 Å². The van der Waals surface area contributed by atoms with Crippen LogP contribution in [0.2, 0.25) is 0 Å². The van der Waals surface area contributed by atoms with E-state index in [1.807, 2.05) is 0 Å². The Labute approximate surface area is 92.6 Å². The first kappa shape index (κ1) is 10.7. The van der Waals surface area contributed by atoms with Gasteiger partial charge in [0, 0.05) is 12.1 Å². The molecule has 4 heteroatoms. The van der Waals surface area contributed by atoms with Crippen LogP contribution in [0.1, 0.15) is 6.42 Å². The van der Waals surface area contributed by atoms with Crippen LogP contribution in [0.5, 0.6) is 5.75 Å². The van der Waals surface area contributed by atoms with E-state index in [2.05, 4.69) is 0 Å². The third-order valence-electron chi connectivity index (χ3n) is 2.25. The van der Waals surface area contributed by atoms with Crippen molar-refractivity contribution in [1.29, 1.82) is 0 Å². The van der Waals surface area contributed by atoms with E-state index in [4.69, 9.17) is 14.9 Å². The topological polar surface area (TPSA) is 65.5 Å². The summed E-state index contributed by atoms with van der Waals surface area (Å²) in [5, 5.41) is 0.564. The Morgan fingerprint density at radius 1 is 1.31 bits per heavy atom. The first-order chi connectivity index (χ1) is 7.81. The number of nitrogens with two attached hydrogens (primary N) is 1. The average Bonchev–Trinajstić information content (AvgIpc) is 2.30. The predicted molar refractivity (Wildman–Crippen MR) is 61.7 cm³/mol. The first-order valence-corrected chi connectivity index (χ1v) is 5.16. The van der Waals surface area contributed by atoms with Crippen LogP contribution >= 0.6 is 0 Å². The number of benzene rings is 1. The molecule has 16 heavy (non-hydrogen) atoms. The van der Waals surface area contributed by atoms with Gasteiger partial charge in [-0.25, -0.2) is 0 Å². The van der Waals surface area contributed by atoms with Gasteiger partial charge in [0.1, 0.15) is 11.3 Å². The van der Waals surface area contributed by atoms with Gasteiger partial charge in [-0.2, -0.15) is 0 Å². The van der Waals surface area contributed by atoms with Crippen LogP contribution in [-0.4, -0.2) is 13.2 Å². The Morgan fingerprint density at radius 3 is 3.00 bits per heavy atom. The minimum atomic E-state index is -0.0465. The molecule has 0 fully saturated rings. The highest BCUT2D eigenvalue weighted by Crippen LogP contribution is 2.18. The van der Waals surface area contributed by atoms with Gasteiger partial charge in [0.05, 0.1) is 18.3 Å². The second kappa shape index (κ2) is 4.81. The summed E-state index contributed by atoms with van der Waals surface area (Å²) in [7, 11) is 0. The fourth-order valence-corrected chi connectivity index (χ4v) is 1.43. The van der Waals surface area contributed by atoms with Crippen molar-refractivity contribution >= 4 is 11.0 Å². The molecule has 1 heterocycles. The van der Waals surface area contributed by atoms with E-state index >= 15 is 0 Å². The molecule has 0 aliphatic carbocycles. The lowest BCUT2D eigenvalue weighted by Gasteiger charge is -2.05. The van der Waals surface area contributed by atoms with E-state index in [-0.39, 0.29) is 5.43 Å². The molecule has 2 aromatic rings. The van der Waals surface area contributed by atoms with Gasteiger partial charge in [0.15, 0.2) is 5.43 Å². The molecule has 0 spiro atoms. The fourth-order valence-electron chi connectivity index (χ4n) is 1.43. The zero-order valence-electron chi connectivity index (χ0n) is 8.81. The van der Waals surface area contributed by atoms with E-state index < -0.39 is 0 Å². The lowest BCUT2D eigenvalue weighted by Crippen LogP contribution is -2.06. The van der Waals surface area contributed by atoms with Crippen LogP contribution in [0.25, 0.3) is 11.0 Å². The average molecular weight is 219 g/mol. The van der Waals surface area contributed by atoms with Gasteiger partial charge in [-0.3, -0.25) is 4.79 Å². The summed E-state index contributed by atoms with van der Waals surface area (Å²) < 4.78 is 10.7. The van der Waals surface area contributed by atoms with Crippen LogP contribution in [0, 0.1) is 0 Å². The van der Waals surface area contributed by atoms with Gasteiger partial charge < -0.3 is 14.9 Å². The number of fused-ring (bicyclic) bond motifs is 1. The van der Waals surface area contributed by atoms with E-state index in [0.29, 0.717) is 29.9 Å². The summed E-state index contributed by atoms with van der Waals surface area (Å²) in [5.74, 6) is 0.690. The molecule has 1 aromatic carbocycles. The van der Waals surface area contributed by atoms with Crippen molar-refractivity contribution in [2.24, 2.45) is 5.73 Å².